The molecule has 2 rings (SSSR count). The summed E-state index contributed by atoms with van der Waals surface area (Å²) in [6.07, 6.45) is 2.51. The van der Waals surface area contributed by atoms with E-state index in [1.54, 1.807) is 30.3 Å². The molecule has 1 heterocycles. The summed E-state index contributed by atoms with van der Waals surface area (Å²) in [7, 11) is 1.13. The Balaban J connectivity index is 2.43. The Labute approximate surface area is 134 Å². The van der Waals surface area contributed by atoms with E-state index in [0.29, 0.717) is 18.4 Å². The van der Waals surface area contributed by atoms with Gasteiger partial charge >= 0.3 is 12.0 Å². The van der Waals surface area contributed by atoms with Crippen molar-refractivity contribution in [2.24, 2.45) is 0 Å². The predicted molar refractivity (Wildman–Crippen MR) is 82.4 cm³/mol. The fourth-order valence-electron chi connectivity index (χ4n) is 3.06. The number of methoxy groups -OCH3 is 1. The standard InChI is InChI=1S/C16H20N2O5/c1-23-16(20)15(18(21)22)14(11-7-3-2-4-8-11)12-9-5-6-10-13(19)17-12/h2-4,7-8,12,14-15H,5-6,9-10H2,1H3,(H,17,19). The highest BCUT2D eigenvalue weighted by molar-refractivity contribution is 5.78. The molecule has 1 fully saturated rings. The number of ether oxygens (including phenoxy) is 1. The van der Waals surface area contributed by atoms with Gasteiger partial charge in [-0.1, -0.05) is 36.8 Å². The lowest BCUT2D eigenvalue weighted by Gasteiger charge is -2.28. The SMILES string of the molecule is COC(=O)C(C(c1ccccc1)C1CCCCC(=O)N1)[N+](=O)[O-]. The first-order chi connectivity index (χ1) is 11.0. The van der Waals surface area contributed by atoms with Crippen molar-refractivity contribution in [3.8, 4) is 0 Å². The van der Waals surface area contributed by atoms with Gasteiger partial charge in [0.25, 0.3) is 0 Å². The summed E-state index contributed by atoms with van der Waals surface area (Å²) in [6.45, 7) is 0. The highest BCUT2D eigenvalue weighted by atomic mass is 16.6. The predicted octanol–water partition coefficient (Wildman–Crippen LogP) is 1.65. The van der Waals surface area contributed by atoms with Gasteiger partial charge in [0, 0.05) is 17.4 Å². The molecule has 0 saturated carbocycles. The molecule has 1 saturated heterocycles. The number of carbonyl (C=O) groups is 2. The van der Waals surface area contributed by atoms with Gasteiger partial charge in [-0.25, -0.2) is 4.79 Å². The van der Waals surface area contributed by atoms with E-state index in [-0.39, 0.29) is 5.91 Å². The minimum Gasteiger partial charge on any atom is -0.464 e. The van der Waals surface area contributed by atoms with Crippen LogP contribution < -0.4 is 5.32 Å². The summed E-state index contributed by atoms with van der Waals surface area (Å²) in [5.41, 5.74) is 0.645. The molecule has 0 aromatic heterocycles. The number of carbonyl (C=O) groups excluding carboxylic acids is 2. The van der Waals surface area contributed by atoms with Crippen LogP contribution in [0.3, 0.4) is 0 Å². The van der Waals surface area contributed by atoms with Crippen LogP contribution in [0.1, 0.15) is 37.2 Å². The molecule has 0 aliphatic carbocycles. The second kappa shape index (κ2) is 7.71. The van der Waals surface area contributed by atoms with E-state index >= 15 is 0 Å². The summed E-state index contributed by atoms with van der Waals surface area (Å²) >= 11 is 0. The average Bonchev–Trinajstić information content (AvgIpc) is 2.76. The first kappa shape index (κ1) is 16.9. The first-order valence-electron chi connectivity index (χ1n) is 7.60. The van der Waals surface area contributed by atoms with E-state index in [1.807, 2.05) is 0 Å². The number of benzene rings is 1. The Morgan fingerprint density at radius 3 is 2.65 bits per heavy atom. The molecule has 0 spiro atoms. The number of esters is 1. The third-order valence-corrected chi connectivity index (χ3v) is 4.14. The van der Waals surface area contributed by atoms with E-state index in [4.69, 9.17) is 0 Å². The van der Waals surface area contributed by atoms with Crippen molar-refractivity contribution in [2.75, 3.05) is 7.11 Å². The van der Waals surface area contributed by atoms with Crippen LogP contribution in [-0.4, -0.2) is 36.0 Å². The quantitative estimate of drug-likeness (QED) is 0.505. The Morgan fingerprint density at radius 2 is 2.04 bits per heavy atom. The van der Waals surface area contributed by atoms with Gasteiger partial charge in [0.15, 0.2) is 0 Å². The number of hydrogen-bond acceptors (Lipinski definition) is 5. The Hall–Kier alpha value is -2.44. The Bertz CT molecular complexity index is 575. The van der Waals surface area contributed by atoms with E-state index in [1.165, 1.54) is 0 Å². The molecule has 1 N–H and O–H groups in total. The van der Waals surface area contributed by atoms with Gasteiger partial charge in [-0.05, 0) is 18.4 Å². The first-order valence-corrected chi connectivity index (χ1v) is 7.60. The third-order valence-electron chi connectivity index (χ3n) is 4.14. The molecular weight excluding hydrogens is 300 g/mol. The lowest BCUT2D eigenvalue weighted by Crippen LogP contribution is -2.48. The molecule has 3 atom stereocenters. The number of rotatable bonds is 5. The number of nitro groups is 1. The topological polar surface area (TPSA) is 98.5 Å². The monoisotopic (exact) mass is 320 g/mol. The van der Waals surface area contributed by atoms with Crippen LogP contribution in [0, 0.1) is 10.1 Å². The molecule has 1 aromatic carbocycles. The maximum Gasteiger partial charge on any atom is 0.382 e. The van der Waals surface area contributed by atoms with Crippen molar-refractivity contribution >= 4 is 11.9 Å². The third kappa shape index (κ3) is 4.06. The summed E-state index contributed by atoms with van der Waals surface area (Å²) < 4.78 is 4.63. The second-order valence-corrected chi connectivity index (χ2v) is 5.61. The fraction of sp³-hybridized carbons (Fsp3) is 0.500. The van der Waals surface area contributed by atoms with Gasteiger partial charge in [-0.2, -0.15) is 0 Å². The van der Waals surface area contributed by atoms with Gasteiger partial charge in [-0.15, -0.1) is 0 Å². The molecule has 7 nitrogen and oxygen atoms in total. The van der Waals surface area contributed by atoms with E-state index in [0.717, 1.165) is 20.0 Å². The molecule has 23 heavy (non-hydrogen) atoms. The lowest BCUT2D eigenvalue weighted by atomic mass is 9.83. The minimum atomic E-state index is -1.55. The molecule has 1 aliphatic rings. The average molecular weight is 320 g/mol. The van der Waals surface area contributed by atoms with Crippen LogP contribution in [0.4, 0.5) is 0 Å². The Morgan fingerprint density at radius 1 is 1.35 bits per heavy atom. The highest BCUT2D eigenvalue weighted by Crippen LogP contribution is 2.30. The van der Waals surface area contributed by atoms with Gasteiger partial charge in [0.2, 0.25) is 5.91 Å². The van der Waals surface area contributed by atoms with Crippen LogP contribution in [-0.2, 0) is 14.3 Å². The molecule has 124 valence electrons. The van der Waals surface area contributed by atoms with Crippen molar-refractivity contribution < 1.29 is 19.2 Å². The maximum atomic E-state index is 12.0. The molecule has 0 bridgehead atoms. The van der Waals surface area contributed by atoms with Crippen molar-refractivity contribution in [1.82, 2.24) is 5.32 Å². The molecule has 1 aliphatic heterocycles. The van der Waals surface area contributed by atoms with Gasteiger partial charge < -0.3 is 10.1 Å². The number of nitrogens with one attached hydrogen (secondary N) is 1. The van der Waals surface area contributed by atoms with Gasteiger partial charge in [0.05, 0.1) is 13.0 Å². The van der Waals surface area contributed by atoms with Gasteiger partial charge in [-0.3, -0.25) is 14.9 Å². The second-order valence-electron chi connectivity index (χ2n) is 5.61. The normalized spacial score (nSPS) is 20.7. The summed E-state index contributed by atoms with van der Waals surface area (Å²) in [6, 6.07) is 6.77. The lowest BCUT2D eigenvalue weighted by molar-refractivity contribution is -0.515. The maximum absolute atomic E-state index is 12.0. The molecule has 1 amide bonds. The Kier molecular flexibility index (Phi) is 5.67. The zero-order chi connectivity index (χ0) is 16.8. The van der Waals surface area contributed by atoms with Crippen LogP contribution in [0.25, 0.3) is 0 Å². The van der Waals surface area contributed by atoms with Gasteiger partial charge in [0.1, 0.15) is 0 Å². The molecule has 3 unspecified atom stereocenters. The molecular formula is C16H20N2O5. The number of amides is 1. The summed E-state index contributed by atoms with van der Waals surface area (Å²) in [5.74, 6) is -1.80. The molecule has 1 aromatic rings. The zero-order valence-electron chi connectivity index (χ0n) is 12.9. The minimum absolute atomic E-state index is 0.139. The zero-order valence-corrected chi connectivity index (χ0v) is 12.9. The smallest absolute Gasteiger partial charge is 0.382 e. The van der Waals surface area contributed by atoms with E-state index < -0.39 is 28.9 Å². The molecule has 0 radical (unpaired) electrons. The van der Waals surface area contributed by atoms with Crippen LogP contribution >= 0.6 is 0 Å². The summed E-state index contributed by atoms with van der Waals surface area (Å²) in [4.78, 5) is 34.8. The highest BCUT2D eigenvalue weighted by Gasteiger charge is 2.45. The van der Waals surface area contributed by atoms with Crippen molar-refractivity contribution in [3.05, 3.63) is 46.0 Å². The summed E-state index contributed by atoms with van der Waals surface area (Å²) in [5, 5.41) is 14.4. The van der Waals surface area contributed by atoms with Crippen molar-refractivity contribution in [1.29, 1.82) is 0 Å². The largest absolute Gasteiger partial charge is 0.464 e. The van der Waals surface area contributed by atoms with Crippen LogP contribution in [0.2, 0.25) is 0 Å². The number of hydrogen-bond donors (Lipinski definition) is 1. The fourth-order valence-corrected chi connectivity index (χ4v) is 3.06. The van der Waals surface area contributed by atoms with Crippen molar-refractivity contribution in [3.63, 3.8) is 0 Å². The van der Waals surface area contributed by atoms with Crippen LogP contribution in [0.5, 0.6) is 0 Å². The number of nitrogens with zero attached hydrogens (tertiary/aromatic N) is 1. The molecule has 7 heteroatoms. The van der Waals surface area contributed by atoms with E-state index in [2.05, 4.69) is 10.1 Å². The van der Waals surface area contributed by atoms with E-state index in [9.17, 15) is 19.7 Å². The van der Waals surface area contributed by atoms with Crippen molar-refractivity contribution in [2.45, 2.75) is 43.7 Å². The van der Waals surface area contributed by atoms with Crippen LogP contribution in [0.15, 0.2) is 30.3 Å².